The molecular formula is C10H8O6. The maximum atomic E-state index is 11.3. The van der Waals surface area contributed by atoms with Gasteiger partial charge < -0.3 is 9.47 Å². The van der Waals surface area contributed by atoms with Gasteiger partial charge in [0, 0.05) is 26.0 Å². The highest BCUT2D eigenvalue weighted by Gasteiger charge is 2.24. The zero-order valence-corrected chi connectivity index (χ0v) is 8.60. The zero-order valence-electron chi connectivity index (χ0n) is 8.60. The number of hydrogen-bond acceptors (Lipinski definition) is 6. The van der Waals surface area contributed by atoms with Crippen molar-refractivity contribution < 1.29 is 28.7 Å². The Balaban J connectivity index is 2.87. The first-order valence-corrected chi connectivity index (χ1v) is 4.29. The molecule has 6 nitrogen and oxygen atoms in total. The number of ketones is 2. The molecule has 0 radical (unpaired) electrons. The number of rotatable bonds is 2. The normalized spacial score (nSPS) is 15.1. The van der Waals surface area contributed by atoms with Crippen LogP contribution in [-0.2, 0) is 28.7 Å². The van der Waals surface area contributed by atoms with Gasteiger partial charge in [0.1, 0.15) is 0 Å². The van der Waals surface area contributed by atoms with Crippen LogP contribution in [-0.4, -0.2) is 23.5 Å². The van der Waals surface area contributed by atoms with Crippen molar-refractivity contribution in [1.29, 1.82) is 0 Å². The molecule has 0 saturated heterocycles. The number of hydrogen-bond donors (Lipinski definition) is 0. The maximum absolute atomic E-state index is 11.3. The fraction of sp³-hybridized carbons (Fsp3) is 0.200. The van der Waals surface area contributed by atoms with E-state index in [9.17, 15) is 19.2 Å². The van der Waals surface area contributed by atoms with Crippen molar-refractivity contribution in [1.82, 2.24) is 0 Å². The summed E-state index contributed by atoms with van der Waals surface area (Å²) in [4.78, 5) is 43.8. The van der Waals surface area contributed by atoms with E-state index in [-0.39, 0.29) is 11.5 Å². The van der Waals surface area contributed by atoms with E-state index in [1.54, 1.807) is 0 Å². The van der Waals surface area contributed by atoms with E-state index in [1.807, 2.05) is 0 Å². The van der Waals surface area contributed by atoms with E-state index < -0.39 is 23.5 Å². The molecule has 0 spiro atoms. The topological polar surface area (TPSA) is 86.7 Å². The molecule has 0 heterocycles. The number of carbonyl (C=O) groups is 4. The minimum atomic E-state index is -0.711. The molecule has 0 aromatic heterocycles. The first-order valence-electron chi connectivity index (χ1n) is 4.29. The first-order chi connectivity index (χ1) is 7.40. The smallest absolute Gasteiger partial charge is 0.308 e. The Morgan fingerprint density at radius 1 is 0.875 bits per heavy atom. The van der Waals surface area contributed by atoms with E-state index in [0.29, 0.717) is 0 Å². The third-order valence-electron chi connectivity index (χ3n) is 1.52. The Morgan fingerprint density at radius 3 is 1.44 bits per heavy atom. The number of esters is 2. The number of ether oxygens (including phenoxy) is 2. The lowest BCUT2D eigenvalue weighted by Gasteiger charge is -2.10. The molecule has 0 fully saturated rings. The van der Waals surface area contributed by atoms with Gasteiger partial charge in [0.05, 0.1) is 0 Å². The number of carbonyl (C=O) groups excluding carboxylic acids is 4. The predicted octanol–water partition coefficient (Wildman–Crippen LogP) is 0.0322. The Bertz CT molecular complexity index is 398. The van der Waals surface area contributed by atoms with Gasteiger partial charge in [-0.2, -0.15) is 0 Å². The van der Waals surface area contributed by atoms with Crippen LogP contribution in [0.1, 0.15) is 13.8 Å². The summed E-state index contributed by atoms with van der Waals surface area (Å²) in [5.41, 5.74) is 0. The summed E-state index contributed by atoms with van der Waals surface area (Å²) >= 11 is 0. The molecule has 0 N–H and O–H groups in total. The van der Waals surface area contributed by atoms with Crippen molar-refractivity contribution >= 4 is 23.5 Å². The lowest BCUT2D eigenvalue weighted by atomic mass is 10.1. The molecule has 84 valence electrons. The molecule has 1 aliphatic rings. The van der Waals surface area contributed by atoms with Gasteiger partial charge in [-0.15, -0.1) is 0 Å². The van der Waals surface area contributed by atoms with Crippen LogP contribution < -0.4 is 0 Å². The standard InChI is InChI=1S/C10H8O6/c1-5(11)15-9-3-8(14)10(4-7(9)13)16-6(2)12/h3-4H,1-2H3. The third-order valence-corrected chi connectivity index (χ3v) is 1.52. The highest BCUT2D eigenvalue weighted by molar-refractivity contribution is 6.19. The van der Waals surface area contributed by atoms with Crippen molar-refractivity contribution in [2.45, 2.75) is 13.8 Å². The monoisotopic (exact) mass is 224 g/mol. The summed E-state index contributed by atoms with van der Waals surface area (Å²) in [6, 6.07) is 0. The second kappa shape index (κ2) is 4.52. The molecule has 0 bridgehead atoms. The largest absolute Gasteiger partial charge is 0.422 e. The SMILES string of the molecule is CC(=O)OC1=CC(=O)C(OC(C)=O)=CC1=O. The maximum Gasteiger partial charge on any atom is 0.308 e. The number of allylic oxidation sites excluding steroid dienone is 2. The van der Waals surface area contributed by atoms with Crippen LogP contribution in [0.3, 0.4) is 0 Å². The Kier molecular flexibility index (Phi) is 3.34. The van der Waals surface area contributed by atoms with Crippen LogP contribution in [0, 0.1) is 0 Å². The molecule has 16 heavy (non-hydrogen) atoms. The summed E-state index contributed by atoms with van der Waals surface area (Å²) in [6.45, 7) is 2.20. The Hall–Kier alpha value is -2.24. The van der Waals surface area contributed by atoms with Gasteiger partial charge in [-0.05, 0) is 0 Å². The molecular weight excluding hydrogens is 216 g/mol. The summed E-state index contributed by atoms with van der Waals surface area (Å²) in [6.07, 6.45) is 1.62. The molecule has 0 saturated carbocycles. The van der Waals surface area contributed by atoms with Gasteiger partial charge in [-0.3, -0.25) is 19.2 Å². The summed E-state index contributed by atoms with van der Waals surface area (Å²) in [7, 11) is 0. The van der Waals surface area contributed by atoms with Crippen molar-refractivity contribution in [2.24, 2.45) is 0 Å². The highest BCUT2D eigenvalue weighted by atomic mass is 16.5. The fourth-order valence-corrected chi connectivity index (χ4v) is 0.992. The van der Waals surface area contributed by atoms with Crippen LogP contribution in [0.15, 0.2) is 23.7 Å². The molecule has 0 atom stereocenters. The molecule has 0 aromatic rings. The molecule has 0 aromatic carbocycles. The van der Waals surface area contributed by atoms with E-state index in [2.05, 4.69) is 9.47 Å². The van der Waals surface area contributed by atoms with Crippen molar-refractivity contribution in [3.8, 4) is 0 Å². The highest BCUT2D eigenvalue weighted by Crippen LogP contribution is 2.14. The summed E-state index contributed by atoms with van der Waals surface area (Å²) in [5.74, 6) is -3.59. The average molecular weight is 224 g/mol. The van der Waals surface area contributed by atoms with Crippen LogP contribution in [0.4, 0.5) is 0 Å². The molecule has 0 aliphatic heterocycles. The van der Waals surface area contributed by atoms with Crippen LogP contribution >= 0.6 is 0 Å². The van der Waals surface area contributed by atoms with E-state index in [1.165, 1.54) is 0 Å². The lowest BCUT2D eigenvalue weighted by Crippen LogP contribution is -2.19. The van der Waals surface area contributed by atoms with Crippen LogP contribution in [0.25, 0.3) is 0 Å². The summed E-state index contributed by atoms with van der Waals surface area (Å²) in [5, 5.41) is 0. The molecule has 6 heteroatoms. The Labute approximate surface area is 90.5 Å². The Morgan fingerprint density at radius 2 is 1.19 bits per heavy atom. The van der Waals surface area contributed by atoms with E-state index in [0.717, 1.165) is 26.0 Å². The fourth-order valence-electron chi connectivity index (χ4n) is 0.992. The second-order valence-electron chi connectivity index (χ2n) is 2.93. The van der Waals surface area contributed by atoms with E-state index >= 15 is 0 Å². The zero-order chi connectivity index (χ0) is 12.3. The second-order valence-corrected chi connectivity index (χ2v) is 2.93. The quantitative estimate of drug-likeness (QED) is 0.486. The molecule has 0 unspecified atom stereocenters. The van der Waals surface area contributed by atoms with Gasteiger partial charge in [-0.25, -0.2) is 0 Å². The molecule has 1 aliphatic carbocycles. The lowest BCUT2D eigenvalue weighted by molar-refractivity contribution is -0.141. The van der Waals surface area contributed by atoms with Crippen LogP contribution in [0.5, 0.6) is 0 Å². The molecule has 0 amide bonds. The predicted molar refractivity (Wildman–Crippen MR) is 49.7 cm³/mol. The van der Waals surface area contributed by atoms with Crippen molar-refractivity contribution in [3.05, 3.63) is 23.7 Å². The van der Waals surface area contributed by atoms with Crippen molar-refractivity contribution in [3.63, 3.8) is 0 Å². The van der Waals surface area contributed by atoms with Gasteiger partial charge >= 0.3 is 11.9 Å². The van der Waals surface area contributed by atoms with Crippen LogP contribution in [0.2, 0.25) is 0 Å². The van der Waals surface area contributed by atoms with Gasteiger partial charge in [0.15, 0.2) is 11.5 Å². The molecule has 1 rings (SSSR count). The van der Waals surface area contributed by atoms with Gasteiger partial charge in [0.2, 0.25) is 11.6 Å². The van der Waals surface area contributed by atoms with Crippen molar-refractivity contribution in [2.75, 3.05) is 0 Å². The third kappa shape index (κ3) is 2.88. The van der Waals surface area contributed by atoms with Gasteiger partial charge in [-0.1, -0.05) is 0 Å². The minimum absolute atomic E-state index is 0.381. The van der Waals surface area contributed by atoms with Gasteiger partial charge in [0.25, 0.3) is 0 Å². The first kappa shape index (κ1) is 11.8. The summed E-state index contributed by atoms with van der Waals surface area (Å²) < 4.78 is 8.99. The average Bonchev–Trinajstić information content (AvgIpc) is 2.11. The minimum Gasteiger partial charge on any atom is -0.422 e. The van der Waals surface area contributed by atoms with E-state index in [4.69, 9.17) is 0 Å².